The van der Waals surface area contributed by atoms with Gasteiger partial charge >= 0.3 is 0 Å². The molecular weight excluding hydrogens is 330 g/mol. The molecule has 0 atom stereocenters. The standard InChI is InChI=1S/C20H19N3OS/c1-3-25-19-12-11-18(22-23-19)16-5-4-6-17(13-16)21-20(24)15-9-7-14(2)8-10-15/h4-13H,3H2,1-2H3,(H,21,24). The van der Waals surface area contributed by atoms with E-state index in [9.17, 15) is 4.79 Å². The van der Waals surface area contributed by atoms with Gasteiger partial charge in [-0.1, -0.05) is 36.8 Å². The predicted molar refractivity (Wildman–Crippen MR) is 103 cm³/mol. The number of carbonyl (C=O) groups excluding carboxylic acids is 1. The first-order chi connectivity index (χ1) is 12.2. The van der Waals surface area contributed by atoms with E-state index in [4.69, 9.17) is 0 Å². The lowest BCUT2D eigenvalue weighted by molar-refractivity contribution is 0.102. The third kappa shape index (κ3) is 4.45. The highest BCUT2D eigenvalue weighted by molar-refractivity contribution is 7.99. The van der Waals surface area contributed by atoms with Crippen molar-refractivity contribution < 1.29 is 4.79 Å². The zero-order chi connectivity index (χ0) is 17.6. The monoisotopic (exact) mass is 349 g/mol. The number of nitrogens with zero attached hydrogens (tertiary/aromatic N) is 2. The van der Waals surface area contributed by atoms with Crippen LogP contribution in [0.25, 0.3) is 11.3 Å². The molecule has 1 aromatic heterocycles. The van der Waals surface area contributed by atoms with Gasteiger partial charge in [-0.15, -0.1) is 22.0 Å². The minimum Gasteiger partial charge on any atom is -0.322 e. The molecular formula is C20H19N3OS. The first kappa shape index (κ1) is 17.2. The van der Waals surface area contributed by atoms with E-state index in [1.165, 1.54) is 0 Å². The number of anilines is 1. The van der Waals surface area contributed by atoms with Crippen LogP contribution in [-0.2, 0) is 0 Å². The number of hydrogen-bond donors (Lipinski definition) is 1. The van der Waals surface area contributed by atoms with Crippen molar-refractivity contribution in [3.63, 3.8) is 0 Å². The second-order valence-corrected chi connectivity index (χ2v) is 6.88. The summed E-state index contributed by atoms with van der Waals surface area (Å²) in [5, 5.41) is 12.3. The van der Waals surface area contributed by atoms with Gasteiger partial charge in [0, 0.05) is 16.8 Å². The van der Waals surface area contributed by atoms with Gasteiger partial charge in [-0.25, -0.2) is 0 Å². The molecule has 3 aromatic rings. The Bertz CT molecular complexity index is 861. The van der Waals surface area contributed by atoms with E-state index < -0.39 is 0 Å². The quantitative estimate of drug-likeness (QED) is 0.671. The van der Waals surface area contributed by atoms with Gasteiger partial charge in [0.2, 0.25) is 0 Å². The number of aryl methyl sites for hydroxylation is 1. The van der Waals surface area contributed by atoms with Crippen LogP contribution in [0.2, 0.25) is 0 Å². The van der Waals surface area contributed by atoms with Crippen LogP contribution in [0.1, 0.15) is 22.8 Å². The van der Waals surface area contributed by atoms with Gasteiger partial charge in [0.25, 0.3) is 5.91 Å². The molecule has 0 aliphatic heterocycles. The fourth-order valence-corrected chi connectivity index (χ4v) is 2.92. The number of carbonyl (C=O) groups is 1. The second-order valence-electron chi connectivity index (χ2n) is 5.59. The number of benzene rings is 2. The molecule has 1 heterocycles. The Labute approximate surface area is 151 Å². The van der Waals surface area contributed by atoms with Crippen molar-refractivity contribution in [2.75, 3.05) is 11.1 Å². The molecule has 0 unspecified atom stereocenters. The van der Waals surface area contributed by atoms with Crippen molar-refractivity contribution in [2.45, 2.75) is 18.9 Å². The zero-order valence-corrected chi connectivity index (χ0v) is 15.0. The molecule has 126 valence electrons. The highest BCUT2D eigenvalue weighted by Crippen LogP contribution is 2.22. The molecule has 0 radical (unpaired) electrons. The minimum absolute atomic E-state index is 0.127. The van der Waals surface area contributed by atoms with E-state index in [1.54, 1.807) is 11.8 Å². The zero-order valence-electron chi connectivity index (χ0n) is 14.2. The van der Waals surface area contributed by atoms with Crippen LogP contribution in [0.3, 0.4) is 0 Å². The summed E-state index contributed by atoms with van der Waals surface area (Å²) in [6.07, 6.45) is 0. The van der Waals surface area contributed by atoms with Crippen LogP contribution in [0, 0.1) is 6.92 Å². The average Bonchev–Trinajstić information content (AvgIpc) is 2.63. The lowest BCUT2D eigenvalue weighted by atomic mass is 10.1. The normalized spacial score (nSPS) is 10.5. The molecule has 3 rings (SSSR count). The summed E-state index contributed by atoms with van der Waals surface area (Å²) in [7, 11) is 0. The van der Waals surface area contributed by atoms with Crippen molar-refractivity contribution in [3.8, 4) is 11.3 Å². The van der Waals surface area contributed by atoms with Gasteiger partial charge < -0.3 is 5.32 Å². The maximum Gasteiger partial charge on any atom is 0.255 e. The molecule has 0 saturated carbocycles. The molecule has 0 aliphatic rings. The Kier molecular flexibility index (Phi) is 5.46. The van der Waals surface area contributed by atoms with Crippen LogP contribution in [0.5, 0.6) is 0 Å². The highest BCUT2D eigenvalue weighted by Gasteiger charge is 2.07. The fraction of sp³-hybridized carbons (Fsp3) is 0.150. The Balaban J connectivity index is 1.77. The molecule has 5 heteroatoms. The molecule has 1 amide bonds. The largest absolute Gasteiger partial charge is 0.322 e. The van der Waals surface area contributed by atoms with E-state index in [0.29, 0.717) is 5.56 Å². The van der Waals surface area contributed by atoms with Gasteiger partial charge in [0.05, 0.1) is 5.69 Å². The van der Waals surface area contributed by atoms with Crippen molar-refractivity contribution in [1.29, 1.82) is 0 Å². The van der Waals surface area contributed by atoms with Crippen LogP contribution in [0.15, 0.2) is 65.7 Å². The topological polar surface area (TPSA) is 54.9 Å². The first-order valence-corrected chi connectivity index (χ1v) is 9.09. The molecule has 0 fully saturated rings. The maximum absolute atomic E-state index is 12.3. The number of hydrogen-bond acceptors (Lipinski definition) is 4. The van der Waals surface area contributed by atoms with E-state index in [2.05, 4.69) is 22.4 Å². The lowest BCUT2D eigenvalue weighted by Gasteiger charge is -2.08. The Morgan fingerprint density at radius 3 is 2.52 bits per heavy atom. The SMILES string of the molecule is CCSc1ccc(-c2cccc(NC(=O)c3ccc(C)cc3)c2)nn1. The average molecular weight is 349 g/mol. The van der Waals surface area contributed by atoms with Gasteiger partial charge in [-0.2, -0.15) is 0 Å². The third-order valence-electron chi connectivity index (χ3n) is 3.66. The minimum atomic E-state index is -0.127. The summed E-state index contributed by atoms with van der Waals surface area (Å²) in [6.45, 7) is 4.08. The third-order valence-corrected chi connectivity index (χ3v) is 4.46. The Morgan fingerprint density at radius 2 is 1.84 bits per heavy atom. The Morgan fingerprint density at radius 1 is 1.04 bits per heavy atom. The van der Waals surface area contributed by atoms with E-state index in [0.717, 1.165) is 33.3 Å². The van der Waals surface area contributed by atoms with Crippen LogP contribution in [0.4, 0.5) is 5.69 Å². The fourth-order valence-electron chi connectivity index (χ4n) is 2.36. The number of rotatable bonds is 5. The van der Waals surface area contributed by atoms with E-state index in [-0.39, 0.29) is 5.91 Å². The summed E-state index contributed by atoms with van der Waals surface area (Å²) in [4.78, 5) is 12.3. The Hall–Kier alpha value is -2.66. The van der Waals surface area contributed by atoms with E-state index >= 15 is 0 Å². The van der Waals surface area contributed by atoms with Crippen LogP contribution < -0.4 is 5.32 Å². The van der Waals surface area contributed by atoms with E-state index in [1.807, 2.05) is 67.6 Å². The van der Waals surface area contributed by atoms with Crippen molar-refractivity contribution in [3.05, 3.63) is 71.8 Å². The molecule has 4 nitrogen and oxygen atoms in total. The molecule has 1 N–H and O–H groups in total. The number of thioether (sulfide) groups is 1. The molecule has 2 aromatic carbocycles. The lowest BCUT2D eigenvalue weighted by Crippen LogP contribution is -2.11. The van der Waals surface area contributed by atoms with Crippen LogP contribution in [-0.4, -0.2) is 21.9 Å². The summed E-state index contributed by atoms with van der Waals surface area (Å²) in [5.41, 5.74) is 4.20. The van der Waals surface area contributed by atoms with Gasteiger partial charge in [0.1, 0.15) is 5.03 Å². The summed E-state index contributed by atoms with van der Waals surface area (Å²) in [6, 6.07) is 19.0. The molecule has 0 aliphatic carbocycles. The summed E-state index contributed by atoms with van der Waals surface area (Å²) < 4.78 is 0. The molecule has 0 saturated heterocycles. The maximum atomic E-state index is 12.3. The number of nitrogens with one attached hydrogen (secondary N) is 1. The van der Waals surface area contributed by atoms with Gasteiger partial charge in [-0.3, -0.25) is 4.79 Å². The predicted octanol–water partition coefficient (Wildman–Crippen LogP) is 4.82. The summed E-state index contributed by atoms with van der Waals surface area (Å²) in [5.74, 6) is 0.840. The van der Waals surface area contributed by atoms with Crippen LogP contribution >= 0.6 is 11.8 Å². The van der Waals surface area contributed by atoms with Gasteiger partial charge in [-0.05, 0) is 49.1 Å². The smallest absolute Gasteiger partial charge is 0.255 e. The first-order valence-electron chi connectivity index (χ1n) is 8.10. The number of aromatic nitrogens is 2. The van der Waals surface area contributed by atoms with Crippen molar-refractivity contribution in [1.82, 2.24) is 10.2 Å². The highest BCUT2D eigenvalue weighted by atomic mass is 32.2. The van der Waals surface area contributed by atoms with Crippen molar-refractivity contribution >= 4 is 23.4 Å². The second kappa shape index (κ2) is 7.94. The summed E-state index contributed by atoms with van der Waals surface area (Å²) >= 11 is 1.66. The van der Waals surface area contributed by atoms with Crippen molar-refractivity contribution in [2.24, 2.45) is 0 Å². The van der Waals surface area contributed by atoms with Gasteiger partial charge in [0.15, 0.2) is 0 Å². The molecule has 0 spiro atoms. The number of amides is 1. The molecule has 25 heavy (non-hydrogen) atoms. The molecule has 0 bridgehead atoms.